The van der Waals surface area contributed by atoms with Gasteiger partial charge in [0, 0.05) is 31.1 Å². The average Bonchev–Trinajstić information content (AvgIpc) is 2.80. The molecule has 0 aromatic carbocycles. The maximum absolute atomic E-state index is 11.3. The van der Waals surface area contributed by atoms with Crippen molar-refractivity contribution in [2.45, 2.75) is 61.9 Å². The van der Waals surface area contributed by atoms with Crippen LogP contribution in [0.3, 0.4) is 0 Å². The zero-order chi connectivity index (χ0) is 11.7. The first-order chi connectivity index (χ1) is 8.33. The van der Waals surface area contributed by atoms with Crippen LogP contribution in [-0.4, -0.2) is 25.8 Å². The summed E-state index contributed by atoms with van der Waals surface area (Å²) in [6.45, 7) is 1.05. The molecule has 0 saturated heterocycles. The second kappa shape index (κ2) is 4.80. The number of aromatic nitrogens is 3. The molecule has 4 nitrogen and oxygen atoms in total. The van der Waals surface area contributed by atoms with Crippen molar-refractivity contribution in [3.8, 4) is 0 Å². The second-order valence-corrected chi connectivity index (χ2v) is 6.15. The molecule has 1 unspecified atom stereocenters. The summed E-state index contributed by atoms with van der Waals surface area (Å²) >= 11 is 1.75. The van der Waals surface area contributed by atoms with Gasteiger partial charge >= 0.3 is 0 Å². The maximum Gasteiger partial charge on any atom is 0.191 e. The highest BCUT2D eigenvalue weighted by Gasteiger charge is 2.25. The zero-order valence-corrected chi connectivity index (χ0v) is 10.7. The van der Waals surface area contributed by atoms with Gasteiger partial charge in [-0.05, 0) is 19.3 Å². The van der Waals surface area contributed by atoms with Crippen molar-refractivity contribution in [2.75, 3.05) is 0 Å². The lowest BCUT2D eigenvalue weighted by molar-refractivity contribution is -0.117. The van der Waals surface area contributed by atoms with Crippen LogP contribution in [0.2, 0.25) is 0 Å². The monoisotopic (exact) mass is 251 g/mol. The molecule has 5 heteroatoms. The van der Waals surface area contributed by atoms with Crippen molar-refractivity contribution in [1.29, 1.82) is 0 Å². The molecule has 0 N–H and O–H groups in total. The number of fused-ring (bicyclic) bond motifs is 1. The Hall–Kier alpha value is -0.840. The van der Waals surface area contributed by atoms with Gasteiger partial charge in [-0.15, -0.1) is 10.2 Å². The number of hydrogen-bond donors (Lipinski definition) is 0. The van der Waals surface area contributed by atoms with E-state index in [1.54, 1.807) is 11.8 Å². The molecular weight excluding hydrogens is 234 g/mol. The van der Waals surface area contributed by atoms with Gasteiger partial charge in [0.15, 0.2) is 5.16 Å². The number of carbonyl (C=O) groups excluding carboxylic acids is 1. The number of rotatable bonds is 2. The standard InChI is InChI=1S/C12H17N3OS/c16-9-5-6-10(8-9)17-12-14-13-11-4-2-1-3-7-15(11)12/h10H,1-8H2. The first-order valence-electron chi connectivity index (χ1n) is 6.43. The zero-order valence-electron chi connectivity index (χ0n) is 9.89. The van der Waals surface area contributed by atoms with Gasteiger partial charge in [-0.2, -0.15) is 0 Å². The van der Waals surface area contributed by atoms with Crippen LogP contribution >= 0.6 is 11.8 Å². The van der Waals surface area contributed by atoms with Crippen molar-refractivity contribution in [2.24, 2.45) is 0 Å². The number of nitrogens with zero attached hydrogens (tertiary/aromatic N) is 3. The molecule has 1 aromatic rings. The summed E-state index contributed by atoms with van der Waals surface area (Å²) in [5.74, 6) is 1.53. The lowest BCUT2D eigenvalue weighted by atomic mass is 10.2. The molecule has 2 heterocycles. The fourth-order valence-electron chi connectivity index (χ4n) is 2.58. The van der Waals surface area contributed by atoms with Gasteiger partial charge in [0.05, 0.1) is 0 Å². The van der Waals surface area contributed by atoms with E-state index in [4.69, 9.17) is 0 Å². The van der Waals surface area contributed by atoms with E-state index >= 15 is 0 Å². The molecule has 2 aliphatic rings. The minimum Gasteiger partial charge on any atom is -0.306 e. The van der Waals surface area contributed by atoms with E-state index in [1.807, 2.05) is 0 Å². The van der Waals surface area contributed by atoms with E-state index in [-0.39, 0.29) is 0 Å². The number of carbonyl (C=O) groups is 1. The molecule has 17 heavy (non-hydrogen) atoms. The molecule has 1 aliphatic carbocycles. The van der Waals surface area contributed by atoms with Gasteiger partial charge in [-0.3, -0.25) is 4.79 Å². The molecule has 1 saturated carbocycles. The molecule has 0 spiro atoms. The summed E-state index contributed by atoms with van der Waals surface area (Å²) in [5.41, 5.74) is 0. The summed E-state index contributed by atoms with van der Waals surface area (Å²) in [6.07, 6.45) is 7.26. The Kier molecular flexibility index (Phi) is 3.18. The van der Waals surface area contributed by atoms with Crippen molar-refractivity contribution < 1.29 is 4.79 Å². The summed E-state index contributed by atoms with van der Waals surface area (Å²) < 4.78 is 2.26. The number of ketones is 1. The molecule has 0 bridgehead atoms. The van der Waals surface area contributed by atoms with Crippen LogP contribution in [0.4, 0.5) is 0 Å². The maximum atomic E-state index is 11.3. The Morgan fingerprint density at radius 2 is 2.12 bits per heavy atom. The third-order valence-corrected chi connectivity index (χ3v) is 4.80. The lowest BCUT2D eigenvalue weighted by Gasteiger charge is -2.09. The largest absolute Gasteiger partial charge is 0.306 e. The molecule has 3 rings (SSSR count). The number of thioether (sulfide) groups is 1. The molecular formula is C12H17N3OS. The van der Waals surface area contributed by atoms with E-state index in [0.29, 0.717) is 17.5 Å². The van der Waals surface area contributed by atoms with Crippen molar-refractivity contribution >= 4 is 17.5 Å². The third kappa shape index (κ3) is 2.39. The molecule has 0 radical (unpaired) electrons. The Morgan fingerprint density at radius 3 is 2.94 bits per heavy atom. The Balaban J connectivity index is 1.74. The first-order valence-corrected chi connectivity index (χ1v) is 7.31. The van der Waals surface area contributed by atoms with Crippen LogP contribution in [-0.2, 0) is 17.8 Å². The summed E-state index contributed by atoms with van der Waals surface area (Å²) in [4.78, 5) is 11.3. The van der Waals surface area contributed by atoms with Crippen LogP contribution in [0, 0.1) is 0 Å². The van der Waals surface area contributed by atoms with Crippen LogP contribution in [0.15, 0.2) is 5.16 Å². The minimum atomic E-state index is 0.401. The average molecular weight is 251 g/mol. The first kappa shape index (κ1) is 11.3. The molecule has 1 atom stereocenters. The fraction of sp³-hybridized carbons (Fsp3) is 0.750. The Bertz CT molecular complexity index is 429. The second-order valence-electron chi connectivity index (χ2n) is 4.88. The normalized spacial score (nSPS) is 24.7. The van der Waals surface area contributed by atoms with Gasteiger partial charge in [0.2, 0.25) is 0 Å². The van der Waals surface area contributed by atoms with Gasteiger partial charge < -0.3 is 4.57 Å². The highest BCUT2D eigenvalue weighted by molar-refractivity contribution is 7.99. The number of hydrogen-bond acceptors (Lipinski definition) is 4. The molecule has 1 fully saturated rings. The van der Waals surface area contributed by atoms with Gasteiger partial charge in [-0.25, -0.2) is 0 Å². The fourth-order valence-corrected chi connectivity index (χ4v) is 3.79. The molecule has 92 valence electrons. The molecule has 1 aliphatic heterocycles. The van der Waals surface area contributed by atoms with Crippen molar-refractivity contribution in [1.82, 2.24) is 14.8 Å². The van der Waals surface area contributed by atoms with E-state index in [2.05, 4.69) is 14.8 Å². The minimum absolute atomic E-state index is 0.401. The van der Waals surface area contributed by atoms with E-state index < -0.39 is 0 Å². The van der Waals surface area contributed by atoms with E-state index in [9.17, 15) is 4.79 Å². The third-order valence-electron chi connectivity index (χ3n) is 3.55. The summed E-state index contributed by atoms with van der Waals surface area (Å²) in [7, 11) is 0. The smallest absolute Gasteiger partial charge is 0.191 e. The van der Waals surface area contributed by atoms with Crippen LogP contribution < -0.4 is 0 Å². The van der Waals surface area contributed by atoms with Crippen LogP contribution in [0.25, 0.3) is 0 Å². The molecule has 0 amide bonds. The predicted molar refractivity (Wildman–Crippen MR) is 66.1 cm³/mol. The Labute approximate surface area is 105 Å². The van der Waals surface area contributed by atoms with E-state index in [0.717, 1.165) is 36.8 Å². The topological polar surface area (TPSA) is 47.8 Å². The number of aryl methyl sites for hydroxylation is 1. The summed E-state index contributed by atoms with van der Waals surface area (Å²) in [5, 5.41) is 10.0. The van der Waals surface area contributed by atoms with E-state index in [1.165, 1.54) is 19.3 Å². The predicted octanol–water partition coefficient (Wildman–Crippen LogP) is 2.22. The molecule has 1 aromatic heterocycles. The van der Waals surface area contributed by atoms with Crippen molar-refractivity contribution in [3.63, 3.8) is 0 Å². The summed E-state index contributed by atoms with van der Waals surface area (Å²) in [6, 6.07) is 0. The van der Waals surface area contributed by atoms with Crippen molar-refractivity contribution in [3.05, 3.63) is 5.82 Å². The van der Waals surface area contributed by atoms with Crippen LogP contribution in [0.1, 0.15) is 44.3 Å². The highest BCUT2D eigenvalue weighted by atomic mass is 32.2. The van der Waals surface area contributed by atoms with Gasteiger partial charge in [-0.1, -0.05) is 18.2 Å². The van der Waals surface area contributed by atoms with Gasteiger partial charge in [0.1, 0.15) is 11.6 Å². The highest BCUT2D eigenvalue weighted by Crippen LogP contribution is 2.33. The number of Topliss-reactive ketones (excluding diaryl/α,β-unsaturated/α-hetero) is 1. The quantitative estimate of drug-likeness (QED) is 0.808. The Morgan fingerprint density at radius 1 is 1.18 bits per heavy atom. The van der Waals surface area contributed by atoms with Crippen LogP contribution in [0.5, 0.6) is 0 Å². The SMILES string of the molecule is O=C1CCC(Sc2nnc3n2CCCCC3)C1. The lowest BCUT2D eigenvalue weighted by Crippen LogP contribution is -2.05. The van der Waals surface area contributed by atoms with Gasteiger partial charge in [0.25, 0.3) is 0 Å².